The van der Waals surface area contributed by atoms with Crippen molar-refractivity contribution >= 4 is 29.1 Å². The van der Waals surface area contributed by atoms with E-state index >= 15 is 0 Å². The van der Waals surface area contributed by atoms with E-state index in [9.17, 15) is 4.79 Å². The average molecular weight is 376 g/mol. The van der Waals surface area contributed by atoms with Crippen LogP contribution in [-0.4, -0.2) is 26.1 Å². The van der Waals surface area contributed by atoms with Gasteiger partial charge in [-0.05, 0) is 66.2 Å². The molecule has 0 saturated heterocycles. The van der Waals surface area contributed by atoms with Crippen molar-refractivity contribution in [2.24, 2.45) is 0 Å². The van der Waals surface area contributed by atoms with Crippen molar-refractivity contribution < 1.29 is 4.79 Å². The first-order valence-electron chi connectivity index (χ1n) is 7.48. The summed E-state index contributed by atoms with van der Waals surface area (Å²) in [6, 6.07) is 12.3. The number of hydrogen-bond acceptors (Lipinski definition) is 4. The van der Waals surface area contributed by atoms with Crippen LogP contribution in [0.5, 0.6) is 0 Å². The third-order valence-electron chi connectivity index (χ3n) is 3.81. The molecule has 1 amide bonds. The van der Waals surface area contributed by atoms with E-state index in [0.717, 1.165) is 11.3 Å². The molecule has 0 atom stereocenters. The lowest BCUT2D eigenvalue weighted by Gasteiger charge is -2.27. The van der Waals surface area contributed by atoms with Crippen molar-refractivity contribution in [3.63, 3.8) is 0 Å². The van der Waals surface area contributed by atoms with E-state index in [1.807, 2.05) is 19.9 Å². The van der Waals surface area contributed by atoms with Gasteiger partial charge in [0, 0.05) is 5.56 Å². The van der Waals surface area contributed by atoms with E-state index in [-0.39, 0.29) is 5.91 Å². The lowest BCUT2D eigenvalue weighted by atomic mass is 9.94. The molecule has 0 fully saturated rings. The highest BCUT2D eigenvalue weighted by Gasteiger charge is 2.24. The molecule has 0 unspecified atom stereocenters. The molecule has 0 spiro atoms. The Morgan fingerprint density at radius 1 is 1.08 bits per heavy atom. The number of hydrogen-bond donors (Lipinski definition) is 1. The van der Waals surface area contributed by atoms with Crippen LogP contribution in [0.1, 0.15) is 29.8 Å². The van der Waals surface area contributed by atoms with Crippen LogP contribution < -0.4 is 5.32 Å². The van der Waals surface area contributed by atoms with E-state index < -0.39 is 5.54 Å². The normalized spacial score (nSPS) is 11.4. The van der Waals surface area contributed by atoms with Crippen LogP contribution in [0.15, 0.2) is 48.8 Å². The fraction of sp³-hybridized carbons (Fsp3) is 0.176. The average Bonchev–Trinajstić information content (AvgIpc) is 3.11. The van der Waals surface area contributed by atoms with E-state index in [1.165, 1.54) is 11.0 Å². The molecular formula is C17H15Cl2N5O. The first-order valence-corrected chi connectivity index (χ1v) is 8.24. The zero-order chi connectivity index (χ0) is 18.0. The minimum Gasteiger partial charge on any atom is -0.343 e. The molecule has 3 aromatic rings. The number of halogens is 2. The number of rotatable bonds is 4. The number of carbonyl (C=O) groups is 1. The predicted octanol–water partition coefficient (Wildman–Crippen LogP) is 3.63. The predicted molar refractivity (Wildman–Crippen MR) is 96.1 cm³/mol. The fourth-order valence-electron chi connectivity index (χ4n) is 2.36. The van der Waals surface area contributed by atoms with Gasteiger partial charge in [-0.2, -0.15) is 0 Å². The van der Waals surface area contributed by atoms with Crippen LogP contribution in [0.25, 0.3) is 5.69 Å². The number of carbonyl (C=O) groups excluding carboxylic acids is 1. The first kappa shape index (κ1) is 17.4. The van der Waals surface area contributed by atoms with Crippen LogP contribution >= 0.6 is 23.2 Å². The van der Waals surface area contributed by atoms with Gasteiger partial charge in [0.2, 0.25) is 0 Å². The Morgan fingerprint density at radius 3 is 2.40 bits per heavy atom. The Morgan fingerprint density at radius 2 is 1.80 bits per heavy atom. The van der Waals surface area contributed by atoms with Gasteiger partial charge < -0.3 is 5.32 Å². The molecular weight excluding hydrogens is 361 g/mol. The van der Waals surface area contributed by atoms with Crippen LogP contribution in [0.3, 0.4) is 0 Å². The lowest BCUT2D eigenvalue weighted by Crippen LogP contribution is -2.41. The zero-order valence-corrected chi connectivity index (χ0v) is 15.1. The number of aromatic nitrogens is 4. The Labute approximate surface area is 154 Å². The van der Waals surface area contributed by atoms with Gasteiger partial charge in [-0.1, -0.05) is 29.3 Å². The smallest absolute Gasteiger partial charge is 0.251 e. The molecule has 0 radical (unpaired) electrons. The molecule has 3 rings (SSSR count). The van der Waals surface area contributed by atoms with Crippen molar-refractivity contribution in [3.8, 4) is 5.69 Å². The molecule has 2 aromatic carbocycles. The molecule has 0 bridgehead atoms. The van der Waals surface area contributed by atoms with Gasteiger partial charge in [0.1, 0.15) is 6.33 Å². The summed E-state index contributed by atoms with van der Waals surface area (Å²) in [5, 5.41) is 14.9. The Balaban J connectivity index is 1.77. The Hall–Kier alpha value is -2.44. The quantitative estimate of drug-likeness (QED) is 0.755. The lowest BCUT2D eigenvalue weighted by molar-refractivity contribution is 0.0912. The molecule has 0 aliphatic heterocycles. The van der Waals surface area contributed by atoms with Gasteiger partial charge in [-0.3, -0.25) is 4.79 Å². The largest absolute Gasteiger partial charge is 0.343 e. The summed E-state index contributed by atoms with van der Waals surface area (Å²) in [4.78, 5) is 12.6. The second kappa shape index (κ2) is 6.82. The van der Waals surface area contributed by atoms with Crippen molar-refractivity contribution in [1.82, 2.24) is 25.5 Å². The van der Waals surface area contributed by atoms with Crippen molar-refractivity contribution in [1.29, 1.82) is 0 Å². The monoisotopic (exact) mass is 375 g/mol. The van der Waals surface area contributed by atoms with Gasteiger partial charge in [0.25, 0.3) is 5.91 Å². The van der Waals surface area contributed by atoms with Crippen molar-refractivity contribution in [3.05, 3.63) is 70.0 Å². The maximum atomic E-state index is 12.6. The summed E-state index contributed by atoms with van der Waals surface area (Å²) >= 11 is 12.0. The second-order valence-electron chi connectivity index (χ2n) is 6.01. The number of nitrogens with one attached hydrogen (secondary N) is 1. The third-order valence-corrected chi connectivity index (χ3v) is 4.55. The third kappa shape index (κ3) is 3.81. The van der Waals surface area contributed by atoms with E-state index in [1.54, 1.807) is 36.4 Å². The molecule has 6 nitrogen and oxygen atoms in total. The summed E-state index contributed by atoms with van der Waals surface area (Å²) < 4.78 is 1.52. The van der Waals surface area contributed by atoms with Gasteiger partial charge >= 0.3 is 0 Å². The van der Waals surface area contributed by atoms with Gasteiger partial charge in [0.15, 0.2) is 0 Å². The summed E-state index contributed by atoms with van der Waals surface area (Å²) in [6.45, 7) is 3.81. The number of amides is 1. The zero-order valence-electron chi connectivity index (χ0n) is 13.6. The van der Waals surface area contributed by atoms with Crippen LogP contribution in [0.2, 0.25) is 10.0 Å². The summed E-state index contributed by atoms with van der Waals surface area (Å²) in [5.74, 6) is -0.195. The molecule has 0 aliphatic carbocycles. The highest BCUT2D eigenvalue weighted by Crippen LogP contribution is 2.28. The minimum absolute atomic E-state index is 0.195. The standard InChI is InChI=1S/C17H15Cl2N5O/c1-17(2,12-5-8-14(18)15(19)9-12)21-16(25)11-3-6-13(7-4-11)24-10-20-22-23-24/h3-10H,1-2H3,(H,21,25). The Bertz CT molecular complexity index is 892. The van der Waals surface area contributed by atoms with Crippen LogP contribution in [0.4, 0.5) is 0 Å². The SMILES string of the molecule is CC(C)(NC(=O)c1ccc(-n2cnnn2)cc1)c1ccc(Cl)c(Cl)c1. The van der Waals surface area contributed by atoms with E-state index in [2.05, 4.69) is 20.8 Å². The summed E-state index contributed by atoms with van der Waals surface area (Å²) in [6.07, 6.45) is 1.49. The van der Waals surface area contributed by atoms with Gasteiger partial charge in [0.05, 0.1) is 21.3 Å². The molecule has 1 heterocycles. The van der Waals surface area contributed by atoms with Crippen molar-refractivity contribution in [2.75, 3.05) is 0 Å². The minimum atomic E-state index is -0.611. The van der Waals surface area contributed by atoms with E-state index in [4.69, 9.17) is 23.2 Å². The number of nitrogens with zero attached hydrogens (tertiary/aromatic N) is 4. The summed E-state index contributed by atoms with van der Waals surface area (Å²) in [7, 11) is 0. The first-order chi connectivity index (χ1) is 11.9. The number of benzene rings is 2. The molecule has 1 aromatic heterocycles. The van der Waals surface area contributed by atoms with Crippen molar-refractivity contribution in [2.45, 2.75) is 19.4 Å². The Kier molecular flexibility index (Phi) is 4.74. The topological polar surface area (TPSA) is 72.7 Å². The molecule has 8 heteroatoms. The van der Waals surface area contributed by atoms with Gasteiger partial charge in [-0.15, -0.1) is 5.10 Å². The van der Waals surface area contributed by atoms with Crippen LogP contribution in [0, 0.1) is 0 Å². The maximum Gasteiger partial charge on any atom is 0.251 e. The van der Waals surface area contributed by atoms with Crippen LogP contribution in [-0.2, 0) is 5.54 Å². The van der Waals surface area contributed by atoms with Gasteiger partial charge in [-0.25, -0.2) is 4.68 Å². The molecule has 0 aliphatic rings. The second-order valence-corrected chi connectivity index (χ2v) is 6.82. The highest BCUT2D eigenvalue weighted by molar-refractivity contribution is 6.42. The molecule has 25 heavy (non-hydrogen) atoms. The molecule has 0 saturated carbocycles. The fourth-order valence-corrected chi connectivity index (χ4v) is 2.66. The summed E-state index contributed by atoms with van der Waals surface area (Å²) in [5.41, 5.74) is 1.55. The van der Waals surface area contributed by atoms with E-state index in [0.29, 0.717) is 15.6 Å². The highest BCUT2D eigenvalue weighted by atomic mass is 35.5. The molecule has 1 N–H and O–H groups in total. The maximum absolute atomic E-state index is 12.6. The number of tetrazole rings is 1. The molecule has 128 valence electrons.